The molecule has 2 atom stereocenters. The highest BCUT2D eigenvalue weighted by molar-refractivity contribution is 6.06. The number of amides is 1. The summed E-state index contributed by atoms with van der Waals surface area (Å²) in [5.74, 6) is 0.494. The zero-order chi connectivity index (χ0) is 19.8. The Morgan fingerprint density at radius 2 is 2.00 bits per heavy atom. The summed E-state index contributed by atoms with van der Waals surface area (Å²) >= 11 is 0. The van der Waals surface area contributed by atoms with E-state index in [2.05, 4.69) is 49.9 Å². The quantitative estimate of drug-likeness (QED) is 0.499. The van der Waals surface area contributed by atoms with Crippen LogP contribution in [0.1, 0.15) is 21.8 Å². The standard InChI is InChI=1S/C22H20N6O/c23-21(29)15-4-1-5-16-20(15)26-12-27-22(16)28-19-11-24-10-17(19)13-6-7-18-14(9-13)3-2-8-25-18/h1-9,12,17,19,24H,10-11H2,(H2,23,29)(H,26,27,28). The number of fused-ring (bicyclic) bond motifs is 2. The zero-order valence-electron chi connectivity index (χ0n) is 15.7. The molecule has 1 fully saturated rings. The zero-order valence-corrected chi connectivity index (χ0v) is 15.7. The highest BCUT2D eigenvalue weighted by atomic mass is 16.1. The predicted octanol–water partition coefficient (Wildman–Crippen LogP) is 2.44. The average Bonchev–Trinajstić information content (AvgIpc) is 3.21. The number of carbonyl (C=O) groups is 1. The Morgan fingerprint density at radius 1 is 1.07 bits per heavy atom. The SMILES string of the molecule is NC(=O)c1cccc2c(NC3CNCC3c3ccc4ncccc4c3)ncnc12. The van der Waals surface area contributed by atoms with E-state index >= 15 is 0 Å². The number of nitrogens with zero attached hydrogens (tertiary/aromatic N) is 3. The number of hydrogen-bond acceptors (Lipinski definition) is 6. The van der Waals surface area contributed by atoms with Crippen molar-refractivity contribution in [2.24, 2.45) is 5.73 Å². The van der Waals surface area contributed by atoms with Gasteiger partial charge in [-0.25, -0.2) is 9.97 Å². The number of nitrogens with two attached hydrogens (primary N) is 1. The first-order valence-electron chi connectivity index (χ1n) is 9.56. The number of benzene rings is 2. The first-order valence-corrected chi connectivity index (χ1v) is 9.56. The third-order valence-corrected chi connectivity index (χ3v) is 5.52. The van der Waals surface area contributed by atoms with E-state index in [0.29, 0.717) is 16.9 Å². The van der Waals surface area contributed by atoms with Gasteiger partial charge in [0.1, 0.15) is 12.1 Å². The van der Waals surface area contributed by atoms with E-state index in [1.54, 1.807) is 12.1 Å². The van der Waals surface area contributed by atoms with Crippen molar-refractivity contribution in [3.05, 3.63) is 72.2 Å². The summed E-state index contributed by atoms with van der Waals surface area (Å²) in [6.45, 7) is 1.69. The molecule has 0 radical (unpaired) electrons. The maximum atomic E-state index is 11.7. The van der Waals surface area contributed by atoms with Crippen LogP contribution in [0.15, 0.2) is 61.1 Å². The van der Waals surface area contributed by atoms with Gasteiger partial charge in [-0.3, -0.25) is 9.78 Å². The molecule has 4 aromatic rings. The molecule has 5 rings (SSSR count). The summed E-state index contributed by atoms with van der Waals surface area (Å²) in [5, 5.41) is 8.96. The fraction of sp³-hybridized carbons (Fsp3) is 0.182. The number of primary amides is 1. The molecule has 2 aromatic heterocycles. The van der Waals surface area contributed by atoms with Gasteiger partial charge in [0.2, 0.25) is 0 Å². The Morgan fingerprint density at radius 3 is 2.90 bits per heavy atom. The van der Waals surface area contributed by atoms with Gasteiger partial charge in [0.15, 0.2) is 0 Å². The molecule has 7 nitrogen and oxygen atoms in total. The van der Waals surface area contributed by atoms with Crippen molar-refractivity contribution in [3.63, 3.8) is 0 Å². The summed E-state index contributed by atoms with van der Waals surface area (Å²) in [4.78, 5) is 24.9. The predicted molar refractivity (Wildman–Crippen MR) is 113 cm³/mol. The molecule has 2 aromatic carbocycles. The average molecular weight is 384 g/mol. The topological polar surface area (TPSA) is 106 Å². The van der Waals surface area contributed by atoms with E-state index < -0.39 is 5.91 Å². The van der Waals surface area contributed by atoms with Crippen molar-refractivity contribution in [2.45, 2.75) is 12.0 Å². The minimum Gasteiger partial charge on any atom is -0.366 e. The van der Waals surface area contributed by atoms with Gasteiger partial charge in [-0.2, -0.15) is 0 Å². The number of nitrogens with one attached hydrogen (secondary N) is 2. The van der Waals surface area contributed by atoms with Gasteiger partial charge in [0.05, 0.1) is 16.6 Å². The lowest BCUT2D eigenvalue weighted by Crippen LogP contribution is -2.27. The molecular formula is C22H20N6O. The Bertz CT molecular complexity index is 1220. The van der Waals surface area contributed by atoms with Gasteiger partial charge in [-0.1, -0.05) is 18.2 Å². The van der Waals surface area contributed by atoms with Crippen LogP contribution in [0.3, 0.4) is 0 Å². The van der Waals surface area contributed by atoms with Gasteiger partial charge < -0.3 is 16.4 Å². The van der Waals surface area contributed by atoms with Gasteiger partial charge >= 0.3 is 0 Å². The van der Waals surface area contributed by atoms with Crippen LogP contribution in [-0.4, -0.2) is 40.0 Å². The van der Waals surface area contributed by atoms with Crippen molar-refractivity contribution in [1.29, 1.82) is 0 Å². The lowest BCUT2D eigenvalue weighted by atomic mass is 9.93. The van der Waals surface area contributed by atoms with E-state index in [1.165, 1.54) is 11.9 Å². The van der Waals surface area contributed by atoms with E-state index in [-0.39, 0.29) is 12.0 Å². The van der Waals surface area contributed by atoms with Crippen LogP contribution < -0.4 is 16.4 Å². The van der Waals surface area contributed by atoms with Crippen LogP contribution in [0.5, 0.6) is 0 Å². The van der Waals surface area contributed by atoms with Gasteiger partial charge in [-0.15, -0.1) is 0 Å². The molecule has 29 heavy (non-hydrogen) atoms. The minimum absolute atomic E-state index is 0.152. The lowest BCUT2D eigenvalue weighted by molar-refractivity contribution is 0.100. The highest BCUT2D eigenvalue weighted by Crippen LogP contribution is 2.30. The summed E-state index contributed by atoms with van der Waals surface area (Å²) < 4.78 is 0. The Labute approximate surface area is 167 Å². The number of aromatic nitrogens is 3. The summed E-state index contributed by atoms with van der Waals surface area (Å²) in [5.41, 5.74) is 8.71. The molecule has 0 aliphatic carbocycles. The van der Waals surface area contributed by atoms with Gasteiger partial charge in [-0.05, 0) is 35.9 Å². The second-order valence-electron chi connectivity index (χ2n) is 7.26. The van der Waals surface area contributed by atoms with Crippen LogP contribution in [0.2, 0.25) is 0 Å². The van der Waals surface area contributed by atoms with E-state index in [4.69, 9.17) is 5.73 Å². The van der Waals surface area contributed by atoms with Crippen molar-refractivity contribution < 1.29 is 4.79 Å². The Balaban J connectivity index is 1.49. The van der Waals surface area contributed by atoms with Crippen molar-refractivity contribution in [2.75, 3.05) is 18.4 Å². The number of pyridine rings is 1. The second kappa shape index (κ2) is 7.10. The minimum atomic E-state index is -0.495. The van der Waals surface area contributed by atoms with E-state index in [9.17, 15) is 4.79 Å². The first-order chi connectivity index (χ1) is 14.2. The third-order valence-electron chi connectivity index (χ3n) is 5.52. The monoisotopic (exact) mass is 384 g/mol. The molecule has 0 bridgehead atoms. The number of rotatable bonds is 4. The van der Waals surface area contributed by atoms with Crippen molar-refractivity contribution in [3.8, 4) is 0 Å². The second-order valence-corrected chi connectivity index (χ2v) is 7.26. The number of anilines is 1. The summed E-state index contributed by atoms with van der Waals surface area (Å²) in [6.07, 6.45) is 3.28. The molecule has 1 aliphatic heterocycles. The highest BCUT2D eigenvalue weighted by Gasteiger charge is 2.29. The fourth-order valence-electron chi connectivity index (χ4n) is 4.08. The van der Waals surface area contributed by atoms with Gasteiger partial charge in [0, 0.05) is 42.0 Å². The normalized spacial score (nSPS) is 18.9. The van der Waals surface area contributed by atoms with Crippen LogP contribution in [0.4, 0.5) is 5.82 Å². The Kier molecular flexibility index (Phi) is 4.29. The smallest absolute Gasteiger partial charge is 0.250 e. The molecule has 0 saturated carbocycles. The third kappa shape index (κ3) is 3.15. The molecular weight excluding hydrogens is 364 g/mol. The molecule has 1 saturated heterocycles. The lowest BCUT2D eigenvalue weighted by Gasteiger charge is -2.22. The van der Waals surface area contributed by atoms with Crippen LogP contribution in [0, 0.1) is 0 Å². The van der Waals surface area contributed by atoms with Crippen LogP contribution >= 0.6 is 0 Å². The maximum Gasteiger partial charge on any atom is 0.250 e. The molecule has 0 spiro atoms. The van der Waals surface area contributed by atoms with Gasteiger partial charge in [0.25, 0.3) is 5.91 Å². The summed E-state index contributed by atoms with van der Waals surface area (Å²) in [6, 6.07) is 16.0. The van der Waals surface area contributed by atoms with E-state index in [1.807, 2.05) is 18.3 Å². The number of para-hydroxylation sites is 1. The largest absolute Gasteiger partial charge is 0.366 e. The molecule has 144 valence electrons. The molecule has 1 amide bonds. The van der Waals surface area contributed by atoms with Crippen LogP contribution in [0.25, 0.3) is 21.8 Å². The van der Waals surface area contributed by atoms with Crippen molar-refractivity contribution in [1.82, 2.24) is 20.3 Å². The molecule has 1 aliphatic rings. The maximum absolute atomic E-state index is 11.7. The van der Waals surface area contributed by atoms with E-state index in [0.717, 1.165) is 29.4 Å². The fourth-order valence-corrected chi connectivity index (χ4v) is 4.08. The summed E-state index contributed by atoms with van der Waals surface area (Å²) in [7, 11) is 0. The molecule has 2 unspecified atom stereocenters. The number of carbonyl (C=O) groups excluding carboxylic acids is 1. The molecule has 3 heterocycles. The molecule has 7 heteroatoms. The molecule has 4 N–H and O–H groups in total. The Hall–Kier alpha value is -3.58. The first kappa shape index (κ1) is 17.5. The number of hydrogen-bond donors (Lipinski definition) is 3. The van der Waals surface area contributed by atoms with Crippen molar-refractivity contribution >= 4 is 33.5 Å². The van der Waals surface area contributed by atoms with Crippen LogP contribution in [-0.2, 0) is 0 Å².